The van der Waals surface area contributed by atoms with Gasteiger partial charge in [-0.2, -0.15) is 0 Å². The van der Waals surface area contributed by atoms with Gasteiger partial charge in [0, 0.05) is 6.07 Å². The molecule has 0 aromatic heterocycles. The van der Waals surface area contributed by atoms with Crippen molar-refractivity contribution in [3.63, 3.8) is 0 Å². The van der Waals surface area contributed by atoms with Crippen LogP contribution in [-0.2, 0) is 14.3 Å². The van der Waals surface area contributed by atoms with E-state index in [1.54, 1.807) is 0 Å². The van der Waals surface area contributed by atoms with Crippen molar-refractivity contribution in [2.24, 2.45) is 0 Å². The van der Waals surface area contributed by atoms with Crippen LogP contribution in [0.5, 0.6) is 5.75 Å². The zero-order valence-corrected chi connectivity index (χ0v) is 13.2. The maximum Gasteiger partial charge on any atom is 0.347 e. The number of hydrogen-bond donors (Lipinski definition) is 0. The molecule has 8 heteroatoms. The lowest BCUT2D eigenvalue weighted by molar-refractivity contribution is -0.385. The summed E-state index contributed by atoms with van der Waals surface area (Å²) in [5.74, 6) is -1.48. The van der Waals surface area contributed by atoms with E-state index in [0.29, 0.717) is 0 Å². The highest BCUT2D eigenvalue weighted by Crippen LogP contribution is 2.27. The van der Waals surface area contributed by atoms with Crippen molar-refractivity contribution in [3.8, 4) is 5.75 Å². The molecule has 0 radical (unpaired) electrons. The minimum Gasteiger partial charge on any atom is -0.490 e. The van der Waals surface area contributed by atoms with Gasteiger partial charge in [-0.25, -0.2) is 9.59 Å². The first-order chi connectivity index (χ1) is 10.9. The highest BCUT2D eigenvalue weighted by atomic mass is 16.6. The number of esters is 2. The fourth-order valence-electron chi connectivity index (χ4n) is 1.67. The molecule has 8 nitrogen and oxygen atoms in total. The lowest BCUT2D eigenvalue weighted by Crippen LogP contribution is -2.26. The van der Waals surface area contributed by atoms with Crippen LogP contribution >= 0.6 is 0 Å². The van der Waals surface area contributed by atoms with E-state index in [9.17, 15) is 19.7 Å². The number of methoxy groups -OCH3 is 1. The van der Waals surface area contributed by atoms with Gasteiger partial charge >= 0.3 is 17.6 Å². The molecule has 0 unspecified atom stereocenters. The third-order valence-corrected chi connectivity index (χ3v) is 2.97. The molecule has 1 aromatic carbocycles. The van der Waals surface area contributed by atoms with Crippen molar-refractivity contribution in [1.82, 2.24) is 0 Å². The first-order valence-corrected chi connectivity index (χ1v) is 7.10. The van der Waals surface area contributed by atoms with Gasteiger partial charge < -0.3 is 14.2 Å². The second-order valence-electron chi connectivity index (χ2n) is 4.71. The predicted octanol–water partition coefficient (Wildman–Crippen LogP) is 2.49. The zero-order chi connectivity index (χ0) is 17.4. The van der Waals surface area contributed by atoms with Gasteiger partial charge in [0.1, 0.15) is 0 Å². The Morgan fingerprint density at radius 1 is 1.35 bits per heavy atom. The van der Waals surface area contributed by atoms with Gasteiger partial charge in [-0.15, -0.1) is 0 Å². The number of carbonyl (C=O) groups excluding carboxylic acids is 2. The maximum absolute atomic E-state index is 12.0. The normalized spacial score (nSPS) is 11.4. The Bertz CT molecular complexity index is 585. The molecular weight excluding hydrogens is 306 g/mol. The number of unbranched alkanes of at least 4 members (excludes halogenated alkanes) is 1. The third-order valence-electron chi connectivity index (χ3n) is 2.97. The molecule has 0 spiro atoms. The van der Waals surface area contributed by atoms with Crippen LogP contribution in [-0.4, -0.2) is 36.7 Å². The van der Waals surface area contributed by atoms with Crippen LogP contribution in [0, 0.1) is 10.1 Å². The Hall–Kier alpha value is -2.64. The van der Waals surface area contributed by atoms with E-state index in [-0.39, 0.29) is 23.6 Å². The van der Waals surface area contributed by atoms with Crippen molar-refractivity contribution < 1.29 is 28.7 Å². The smallest absolute Gasteiger partial charge is 0.347 e. The van der Waals surface area contributed by atoms with Crippen molar-refractivity contribution in [2.75, 3.05) is 13.7 Å². The molecule has 0 saturated heterocycles. The van der Waals surface area contributed by atoms with Gasteiger partial charge in [0.25, 0.3) is 0 Å². The van der Waals surface area contributed by atoms with Gasteiger partial charge in [0.2, 0.25) is 0 Å². The van der Waals surface area contributed by atoms with Crippen molar-refractivity contribution >= 4 is 17.6 Å². The zero-order valence-electron chi connectivity index (χ0n) is 13.2. The molecule has 1 aromatic rings. The van der Waals surface area contributed by atoms with E-state index in [4.69, 9.17) is 14.2 Å². The Morgan fingerprint density at radius 3 is 2.61 bits per heavy atom. The monoisotopic (exact) mass is 325 g/mol. The number of nitrogens with zero attached hydrogens (tertiary/aromatic N) is 1. The first-order valence-electron chi connectivity index (χ1n) is 7.10. The molecule has 0 saturated carbocycles. The fraction of sp³-hybridized carbons (Fsp3) is 0.467. The van der Waals surface area contributed by atoms with Gasteiger partial charge in [-0.05, 0) is 25.5 Å². The van der Waals surface area contributed by atoms with E-state index in [0.717, 1.165) is 18.9 Å². The molecule has 0 aliphatic heterocycles. The van der Waals surface area contributed by atoms with Gasteiger partial charge in [0.15, 0.2) is 11.9 Å². The SMILES string of the molecule is CCCCOC(=O)[C@@H](C)OC(=O)c1ccc(OC)c([N+](=O)[O-])c1. The van der Waals surface area contributed by atoms with E-state index in [1.165, 1.54) is 26.2 Å². The minimum atomic E-state index is -1.10. The van der Waals surface area contributed by atoms with Crippen LogP contribution in [0.2, 0.25) is 0 Å². The van der Waals surface area contributed by atoms with Crippen LogP contribution < -0.4 is 4.74 Å². The van der Waals surface area contributed by atoms with Crippen LogP contribution in [0.3, 0.4) is 0 Å². The number of benzene rings is 1. The summed E-state index contributed by atoms with van der Waals surface area (Å²) in [6, 6.07) is 3.65. The standard InChI is InChI=1S/C15H19NO7/c1-4-5-8-22-14(17)10(2)23-15(18)11-6-7-13(21-3)12(9-11)16(19)20/h6-7,9-10H,4-5,8H2,1-3H3/t10-/m1/s1. The molecule has 0 fully saturated rings. The lowest BCUT2D eigenvalue weighted by atomic mass is 10.2. The van der Waals surface area contributed by atoms with Crippen LogP contribution in [0.4, 0.5) is 5.69 Å². The van der Waals surface area contributed by atoms with Gasteiger partial charge in [-0.3, -0.25) is 10.1 Å². The van der Waals surface area contributed by atoms with E-state index in [2.05, 4.69) is 0 Å². The van der Waals surface area contributed by atoms with Crippen molar-refractivity contribution in [1.29, 1.82) is 0 Å². The van der Waals surface area contributed by atoms with Crippen molar-refractivity contribution in [3.05, 3.63) is 33.9 Å². The summed E-state index contributed by atoms with van der Waals surface area (Å²) in [6.45, 7) is 3.59. The summed E-state index contributed by atoms with van der Waals surface area (Å²) in [7, 11) is 1.29. The summed E-state index contributed by atoms with van der Waals surface area (Å²) in [4.78, 5) is 33.9. The summed E-state index contributed by atoms with van der Waals surface area (Å²) >= 11 is 0. The molecule has 1 atom stereocenters. The summed E-state index contributed by atoms with van der Waals surface area (Å²) in [5.41, 5.74) is -0.411. The quantitative estimate of drug-likeness (QED) is 0.313. The highest BCUT2D eigenvalue weighted by Gasteiger charge is 2.23. The highest BCUT2D eigenvalue weighted by molar-refractivity contribution is 5.92. The summed E-state index contributed by atoms with van der Waals surface area (Å²) < 4.78 is 14.7. The average molecular weight is 325 g/mol. The van der Waals surface area contributed by atoms with Crippen LogP contribution in [0.25, 0.3) is 0 Å². The molecular formula is C15H19NO7. The molecule has 0 bridgehead atoms. The number of hydrogen-bond acceptors (Lipinski definition) is 7. The molecule has 126 valence electrons. The van der Waals surface area contributed by atoms with Gasteiger partial charge in [0.05, 0.1) is 24.2 Å². The summed E-state index contributed by atoms with van der Waals surface area (Å²) in [5, 5.41) is 10.9. The Balaban J connectivity index is 2.76. The topological polar surface area (TPSA) is 105 Å². The average Bonchev–Trinajstić information content (AvgIpc) is 2.53. The molecule has 0 N–H and O–H groups in total. The number of rotatable bonds is 8. The second-order valence-corrected chi connectivity index (χ2v) is 4.71. The molecule has 0 aliphatic rings. The molecule has 0 amide bonds. The molecule has 1 rings (SSSR count). The van der Waals surface area contributed by atoms with E-state index < -0.39 is 23.0 Å². The summed E-state index contributed by atoms with van der Waals surface area (Å²) in [6.07, 6.45) is 0.495. The number of nitro benzene ring substituents is 1. The number of nitro groups is 1. The van der Waals surface area contributed by atoms with E-state index in [1.807, 2.05) is 6.92 Å². The Morgan fingerprint density at radius 2 is 2.04 bits per heavy atom. The fourth-order valence-corrected chi connectivity index (χ4v) is 1.67. The number of ether oxygens (including phenoxy) is 3. The second kappa shape index (κ2) is 8.72. The first kappa shape index (κ1) is 18.4. The molecule has 0 heterocycles. The van der Waals surface area contributed by atoms with Crippen LogP contribution in [0.1, 0.15) is 37.0 Å². The van der Waals surface area contributed by atoms with E-state index >= 15 is 0 Å². The Kier molecular flexibility index (Phi) is 6.98. The largest absolute Gasteiger partial charge is 0.490 e. The molecule has 23 heavy (non-hydrogen) atoms. The third kappa shape index (κ3) is 5.24. The predicted molar refractivity (Wildman–Crippen MR) is 80.4 cm³/mol. The minimum absolute atomic E-state index is 0.0265. The van der Waals surface area contributed by atoms with Crippen LogP contribution in [0.15, 0.2) is 18.2 Å². The Labute approximate surface area is 133 Å². The van der Waals surface area contributed by atoms with Gasteiger partial charge in [-0.1, -0.05) is 13.3 Å². The van der Waals surface area contributed by atoms with Crippen molar-refractivity contribution in [2.45, 2.75) is 32.8 Å². The maximum atomic E-state index is 12.0. The number of carbonyl (C=O) groups is 2. The lowest BCUT2D eigenvalue weighted by Gasteiger charge is -2.13. The molecule has 0 aliphatic carbocycles.